The number of likely N-dealkylation sites (tertiary alicyclic amines) is 1. The summed E-state index contributed by atoms with van der Waals surface area (Å²) < 4.78 is 5.36. The van der Waals surface area contributed by atoms with Crippen LogP contribution in [0.1, 0.15) is 50.4 Å². The van der Waals surface area contributed by atoms with E-state index in [1.165, 1.54) is 32.4 Å². The van der Waals surface area contributed by atoms with E-state index in [2.05, 4.69) is 10.2 Å². The number of piperidine rings is 1. The molecule has 0 amide bonds. The molecule has 1 aliphatic rings. The van der Waals surface area contributed by atoms with Gasteiger partial charge in [0, 0.05) is 18.8 Å². The monoisotopic (exact) mass is 304 g/mol. The van der Waals surface area contributed by atoms with Crippen LogP contribution in [-0.4, -0.2) is 42.6 Å². The van der Waals surface area contributed by atoms with Crippen molar-refractivity contribution in [2.24, 2.45) is 0 Å². The van der Waals surface area contributed by atoms with E-state index >= 15 is 0 Å². The summed E-state index contributed by atoms with van der Waals surface area (Å²) in [4.78, 5) is 14.4. The maximum atomic E-state index is 11.9. The van der Waals surface area contributed by atoms with Gasteiger partial charge in [-0.05, 0) is 71.0 Å². The first-order valence-electron chi connectivity index (χ1n) is 8.24. The predicted molar refractivity (Wildman–Crippen MR) is 90.4 cm³/mol. The van der Waals surface area contributed by atoms with Gasteiger partial charge in [0.15, 0.2) is 0 Å². The van der Waals surface area contributed by atoms with E-state index in [1.54, 1.807) is 0 Å². The normalized spacial score (nSPS) is 16.3. The van der Waals surface area contributed by atoms with Gasteiger partial charge in [-0.15, -0.1) is 0 Å². The zero-order chi connectivity index (χ0) is 16.0. The molecule has 1 aromatic carbocycles. The quantitative estimate of drug-likeness (QED) is 0.845. The Morgan fingerprint density at radius 2 is 1.77 bits per heavy atom. The van der Waals surface area contributed by atoms with E-state index in [9.17, 15) is 4.79 Å². The van der Waals surface area contributed by atoms with Crippen LogP contribution in [0, 0.1) is 0 Å². The minimum atomic E-state index is -0.456. The summed E-state index contributed by atoms with van der Waals surface area (Å²) in [5.74, 6) is -0.271. The third kappa shape index (κ3) is 5.68. The highest BCUT2D eigenvalue weighted by molar-refractivity contribution is 5.90. The van der Waals surface area contributed by atoms with Gasteiger partial charge in [-0.25, -0.2) is 4.79 Å². The van der Waals surface area contributed by atoms with Crippen molar-refractivity contribution in [3.8, 4) is 0 Å². The molecule has 122 valence electrons. The van der Waals surface area contributed by atoms with E-state index in [0.29, 0.717) is 5.56 Å². The van der Waals surface area contributed by atoms with Gasteiger partial charge in [0.2, 0.25) is 0 Å². The first-order valence-corrected chi connectivity index (χ1v) is 8.24. The molecular formula is C18H28N2O2. The Morgan fingerprint density at radius 3 is 2.36 bits per heavy atom. The number of ether oxygens (including phenoxy) is 1. The summed E-state index contributed by atoms with van der Waals surface area (Å²) in [5.41, 5.74) is 1.18. The largest absolute Gasteiger partial charge is 0.456 e. The zero-order valence-electron chi connectivity index (χ0n) is 14.0. The van der Waals surface area contributed by atoms with Gasteiger partial charge >= 0.3 is 5.97 Å². The summed E-state index contributed by atoms with van der Waals surface area (Å²) in [6.07, 6.45) is 4.02. The first kappa shape index (κ1) is 16.8. The van der Waals surface area contributed by atoms with Crippen LogP contribution in [-0.2, 0) is 4.74 Å². The molecule has 4 nitrogen and oxygen atoms in total. The highest BCUT2D eigenvalue weighted by Crippen LogP contribution is 2.15. The molecule has 0 spiro atoms. The summed E-state index contributed by atoms with van der Waals surface area (Å²) in [5, 5.41) is 3.41. The summed E-state index contributed by atoms with van der Waals surface area (Å²) in [6.45, 7) is 10.1. The Morgan fingerprint density at radius 1 is 1.14 bits per heavy atom. The number of hydrogen-bond acceptors (Lipinski definition) is 4. The van der Waals surface area contributed by atoms with Gasteiger partial charge in [-0.3, -0.25) is 0 Å². The van der Waals surface area contributed by atoms with Crippen molar-refractivity contribution in [2.45, 2.75) is 45.6 Å². The molecule has 4 heteroatoms. The molecule has 0 aliphatic carbocycles. The summed E-state index contributed by atoms with van der Waals surface area (Å²) in [6, 6.07) is 7.51. The molecule has 1 heterocycles. The Hall–Kier alpha value is -1.55. The lowest BCUT2D eigenvalue weighted by Crippen LogP contribution is -2.33. The van der Waals surface area contributed by atoms with Crippen LogP contribution >= 0.6 is 0 Å². The van der Waals surface area contributed by atoms with Gasteiger partial charge in [0.05, 0.1) is 5.56 Å². The average molecular weight is 304 g/mol. The van der Waals surface area contributed by atoms with E-state index in [4.69, 9.17) is 4.74 Å². The van der Waals surface area contributed by atoms with E-state index < -0.39 is 5.60 Å². The second-order valence-electron chi connectivity index (χ2n) is 6.91. The molecule has 1 aromatic rings. The number of nitrogens with one attached hydrogen (secondary N) is 1. The van der Waals surface area contributed by atoms with Gasteiger partial charge in [0.25, 0.3) is 0 Å². The number of esters is 1. The highest BCUT2D eigenvalue weighted by atomic mass is 16.6. The van der Waals surface area contributed by atoms with Crippen LogP contribution in [0.5, 0.6) is 0 Å². The highest BCUT2D eigenvalue weighted by Gasteiger charge is 2.17. The van der Waals surface area contributed by atoms with Crippen molar-refractivity contribution in [2.75, 3.05) is 31.5 Å². The Balaban J connectivity index is 1.77. The summed E-state index contributed by atoms with van der Waals surface area (Å²) >= 11 is 0. The van der Waals surface area contributed by atoms with E-state index in [-0.39, 0.29) is 5.97 Å². The Bertz CT molecular complexity index is 471. The summed E-state index contributed by atoms with van der Waals surface area (Å²) in [7, 11) is 0. The van der Waals surface area contributed by atoms with Crippen LogP contribution in [0.4, 0.5) is 5.69 Å². The van der Waals surface area contributed by atoms with Gasteiger partial charge in [0.1, 0.15) is 5.60 Å². The lowest BCUT2D eigenvalue weighted by molar-refractivity contribution is 0.00696. The first-order chi connectivity index (χ1) is 10.4. The third-order valence-corrected chi connectivity index (χ3v) is 3.73. The fourth-order valence-corrected chi connectivity index (χ4v) is 2.60. The molecule has 1 N–H and O–H groups in total. The minimum Gasteiger partial charge on any atom is -0.456 e. The minimum absolute atomic E-state index is 0.271. The molecule has 0 unspecified atom stereocenters. The molecule has 0 bridgehead atoms. The van der Waals surface area contributed by atoms with E-state index in [1.807, 2.05) is 45.0 Å². The lowest BCUT2D eigenvalue weighted by Gasteiger charge is -2.26. The van der Waals surface area contributed by atoms with Crippen LogP contribution in [0.25, 0.3) is 0 Å². The maximum Gasteiger partial charge on any atom is 0.338 e. The Labute approximate surface area is 133 Å². The fourth-order valence-electron chi connectivity index (χ4n) is 2.60. The van der Waals surface area contributed by atoms with Crippen molar-refractivity contribution in [1.29, 1.82) is 0 Å². The smallest absolute Gasteiger partial charge is 0.338 e. The Kier molecular flexibility index (Phi) is 5.83. The topological polar surface area (TPSA) is 41.6 Å². The van der Waals surface area contributed by atoms with Crippen molar-refractivity contribution in [3.05, 3.63) is 29.8 Å². The lowest BCUT2D eigenvalue weighted by atomic mass is 10.1. The number of rotatable bonds is 5. The van der Waals surface area contributed by atoms with Crippen LogP contribution in [0.15, 0.2) is 24.3 Å². The van der Waals surface area contributed by atoms with Crippen molar-refractivity contribution in [3.63, 3.8) is 0 Å². The second-order valence-corrected chi connectivity index (χ2v) is 6.91. The molecule has 0 radical (unpaired) electrons. The van der Waals surface area contributed by atoms with Crippen LogP contribution in [0.3, 0.4) is 0 Å². The zero-order valence-corrected chi connectivity index (χ0v) is 14.0. The average Bonchev–Trinajstić information content (AvgIpc) is 2.47. The molecule has 0 aromatic heterocycles. The molecule has 1 fully saturated rings. The molecule has 0 saturated carbocycles. The molecule has 2 rings (SSSR count). The fraction of sp³-hybridized carbons (Fsp3) is 0.611. The van der Waals surface area contributed by atoms with Crippen LogP contribution < -0.4 is 5.32 Å². The number of anilines is 1. The standard InChI is InChI=1S/C18H28N2O2/c1-18(2,3)22-17(21)15-7-9-16(10-8-15)19-11-14-20-12-5-4-6-13-20/h7-10,19H,4-6,11-14H2,1-3H3. The van der Waals surface area contributed by atoms with Crippen molar-refractivity contribution in [1.82, 2.24) is 4.90 Å². The van der Waals surface area contributed by atoms with Crippen LogP contribution in [0.2, 0.25) is 0 Å². The number of hydrogen-bond donors (Lipinski definition) is 1. The number of nitrogens with zero attached hydrogens (tertiary/aromatic N) is 1. The van der Waals surface area contributed by atoms with Gasteiger partial charge in [-0.2, -0.15) is 0 Å². The number of benzene rings is 1. The number of carbonyl (C=O) groups is 1. The molecular weight excluding hydrogens is 276 g/mol. The molecule has 1 aliphatic heterocycles. The number of carbonyl (C=O) groups excluding carboxylic acids is 1. The predicted octanol–water partition coefficient (Wildman–Crippen LogP) is 3.54. The SMILES string of the molecule is CC(C)(C)OC(=O)c1ccc(NCCN2CCCCC2)cc1. The molecule has 22 heavy (non-hydrogen) atoms. The molecule has 1 saturated heterocycles. The van der Waals surface area contributed by atoms with Crippen molar-refractivity contribution >= 4 is 11.7 Å². The third-order valence-electron chi connectivity index (χ3n) is 3.73. The second kappa shape index (κ2) is 7.63. The van der Waals surface area contributed by atoms with E-state index in [0.717, 1.165) is 18.8 Å². The van der Waals surface area contributed by atoms with Crippen molar-refractivity contribution < 1.29 is 9.53 Å². The maximum absolute atomic E-state index is 11.9. The molecule has 0 atom stereocenters. The van der Waals surface area contributed by atoms with Gasteiger partial charge < -0.3 is 15.0 Å². The van der Waals surface area contributed by atoms with Gasteiger partial charge in [-0.1, -0.05) is 6.42 Å².